The van der Waals surface area contributed by atoms with Crippen LogP contribution < -0.4 is 0 Å². The molecule has 5 rings (SSSR count). The van der Waals surface area contributed by atoms with Crippen molar-refractivity contribution in [2.24, 2.45) is 11.8 Å². The number of benzene rings is 1. The van der Waals surface area contributed by atoms with Crippen molar-refractivity contribution in [1.82, 2.24) is 4.90 Å². The SMILES string of the molecule is COC(=O)[C@H]1[C@@H]2C[C@@H]3CC[C@H]1N3C/C2=C\c1cccc(Cl)c1. The van der Waals surface area contributed by atoms with Gasteiger partial charge in [0, 0.05) is 23.7 Å². The molecule has 0 aromatic heterocycles. The lowest BCUT2D eigenvalue weighted by atomic mass is 9.71. The molecule has 3 nitrogen and oxygen atoms in total. The van der Waals surface area contributed by atoms with Crippen LogP contribution in [0.15, 0.2) is 29.8 Å². The maximum absolute atomic E-state index is 12.3. The molecule has 4 heterocycles. The Morgan fingerprint density at radius 1 is 1.41 bits per heavy atom. The van der Waals surface area contributed by atoms with Gasteiger partial charge >= 0.3 is 5.97 Å². The number of halogens is 1. The van der Waals surface area contributed by atoms with E-state index < -0.39 is 0 Å². The van der Waals surface area contributed by atoms with Crippen molar-refractivity contribution in [3.05, 3.63) is 40.4 Å². The van der Waals surface area contributed by atoms with Crippen LogP contribution in [0.2, 0.25) is 5.02 Å². The van der Waals surface area contributed by atoms with E-state index in [-0.39, 0.29) is 11.9 Å². The van der Waals surface area contributed by atoms with Gasteiger partial charge < -0.3 is 4.74 Å². The highest BCUT2D eigenvalue weighted by atomic mass is 35.5. The summed E-state index contributed by atoms with van der Waals surface area (Å²) in [5, 5.41) is 0.750. The van der Waals surface area contributed by atoms with E-state index in [0.29, 0.717) is 18.0 Å². The Balaban J connectivity index is 1.69. The summed E-state index contributed by atoms with van der Waals surface area (Å²) < 4.78 is 5.10. The van der Waals surface area contributed by atoms with Crippen LogP contribution in [-0.4, -0.2) is 36.6 Å². The molecule has 1 aromatic carbocycles. The molecule has 4 aliphatic heterocycles. The van der Waals surface area contributed by atoms with E-state index in [0.717, 1.165) is 30.0 Å². The molecule has 4 fully saturated rings. The Morgan fingerprint density at radius 2 is 2.27 bits per heavy atom. The molecule has 1 aromatic rings. The maximum Gasteiger partial charge on any atom is 0.310 e. The van der Waals surface area contributed by atoms with Gasteiger partial charge in [-0.05, 0) is 42.9 Å². The monoisotopic (exact) mass is 317 g/mol. The van der Waals surface area contributed by atoms with Crippen LogP contribution in [0.1, 0.15) is 24.8 Å². The van der Waals surface area contributed by atoms with Crippen molar-refractivity contribution >= 4 is 23.6 Å². The average molecular weight is 318 g/mol. The van der Waals surface area contributed by atoms with Crippen molar-refractivity contribution in [3.8, 4) is 0 Å². The molecule has 1 unspecified atom stereocenters. The third-order valence-electron chi connectivity index (χ3n) is 5.58. The fraction of sp³-hybridized carbons (Fsp3) is 0.500. The van der Waals surface area contributed by atoms with Gasteiger partial charge in [0.25, 0.3) is 0 Å². The summed E-state index contributed by atoms with van der Waals surface area (Å²) in [4.78, 5) is 14.8. The predicted octanol–water partition coefficient (Wildman–Crippen LogP) is 3.38. The average Bonchev–Trinajstić information content (AvgIpc) is 2.82. The molecule has 5 atom stereocenters. The number of esters is 1. The van der Waals surface area contributed by atoms with E-state index in [1.54, 1.807) is 0 Å². The molecule has 4 saturated heterocycles. The fourth-order valence-corrected chi connectivity index (χ4v) is 4.89. The Bertz CT molecular complexity index is 642. The summed E-state index contributed by atoms with van der Waals surface area (Å²) in [6, 6.07) is 8.95. The number of nitrogens with zero attached hydrogens (tertiary/aromatic N) is 1. The number of ether oxygens (including phenoxy) is 1. The minimum atomic E-state index is -0.0444. The highest BCUT2D eigenvalue weighted by Crippen LogP contribution is 2.50. The van der Waals surface area contributed by atoms with E-state index in [4.69, 9.17) is 16.3 Å². The first kappa shape index (κ1) is 14.3. The molecule has 4 aliphatic rings. The molecule has 0 radical (unpaired) electrons. The third-order valence-corrected chi connectivity index (χ3v) is 5.82. The largest absolute Gasteiger partial charge is 0.469 e. The van der Waals surface area contributed by atoms with Crippen LogP contribution in [-0.2, 0) is 9.53 Å². The summed E-state index contributed by atoms with van der Waals surface area (Å²) in [6.07, 6.45) is 5.66. The maximum atomic E-state index is 12.3. The van der Waals surface area contributed by atoms with E-state index >= 15 is 0 Å². The van der Waals surface area contributed by atoms with Gasteiger partial charge in [0.05, 0.1) is 13.0 Å². The molecule has 0 saturated carbocycles. The zero-order valence-electron chi connectivity index (χ0n) is 12.7. The number of piperidine rings is 3. The van der Waals surface area contributed by atoms with Crippen molar-refractivity contribution in [2.75, 3.05) is 13.7 Å². The second-order valence-corrected chi connectivity index (χ2v) is 7.07. The van der Waals surface area contributed by atoms with Crippen molar-refractivity contribution in [2.45, 2.75) is 31.3 Å². The molecular weight excluding hydrogens is 298 g/mol. The molecule has 0 amide bonds. The van der Waals surface area contributed by atoms with E-state index in [1.807, 2.05) is 18.2 Å². The van der Waals surface area contributed by atoms with Gasteiger partial charge in [0.2, 0.25) is 0 Å². The van der Waals surface area contributed by atoms with Gasteiger partial charge in [-0.3, -0.25) is 9.69 Å². The van der Waals surface area contributed by atoms with Crippen molar-refractivity contribution in [3.63, 3.8) is 0 Å². The Labute approximate surface area is 135 Å². The number of hydrogen-bond acceptors (Lipinski definition) is 3. The molecule has 4 heteroatoms. The van der Waals surface area contributed by atoms with E-state index in [1.165, 1.54) is 19.1 Å². The molecule has 116 valence electrons. The number of carbonyl (C=O) groups excluding carboxylic acids is 1. The summed E-state index contributed by atoms with van der Waals surface area (Å²) in [5.74, 6) is 0.286. The molecule has 22 heavy (non-hydrogen) atoms. The second kappa shape index (κ2) is 5.39. The molecule has 0 N–H and O–H groups in total. The smallest absolute Gasteiger partial charge is 0.310 e. The van der Waals surface area contributed by atoms with Crippen LogP contribution in [0.3, 0.4) is 0 Å². The lowest BCUT2D eigenvalue weighted by molar-refractivity contribution is -0.153. The van der Waals surface area contributed by atoms with Crippen LogP contribution >= 0.6 is 11.6 Å². The minimum absolute atomic E-state index is 0.00272. The summed E-state index contributed by atoms with van der Waals surface area (Å²) in [5.41, 5.74) is 2.47. The standard InChI is InChI=1S/C18H20ClNO2/c1-22-18(21)17-15-9-14-5-6-16(17)20(14)10-12(15)7-11-3-2-4-13(19)8-11/h2-4,7-8,14-17H,5-6,9-10H2,1H3/b12-7+/t14-,15+,16+,17-/m0/s1. The highest BCUT2D eigenvalue weighted by molar-refractivity contribution is 6.30. The lowest BCUT2D eigenvalue weighted by Crippen LogP contribution is -2.58. The lowest BCUT2D eigenvalue weighted by Gasteiger charge is -2.50. The molecule has 0 spiro atoms. The number of carbonyl (C=O) groups is 1. The topological polar surface area (TPSA) is 29.5 Å². The first-order valence-electron chi connectivity index (χ1n) is 7.97. The zero-order chi connectivity index (χ0) is 15.3. The van der Waals surface area contributed by atoms with Crippen LogP contribution in [0, 0.1) is 11.8 Å². The van der Waals surface area contributed by atoms with Crippen molar-refractivity contribution < 1.29 is 9.53 Å². The first-order valence-corrected chi connectivity index (χ1v) is 8.35. The normalized spacial score (nSPS) is 37.5. The van der Waals surface area contributed by atoms with Crippen LogP contribution in [0.5, 0.6) is 0 Å². The number of fused-ring (bicyclic) bond motifs is 1. The van der Waals surface area contributed by atoms with E-state index in [9.17, 15) is 4.79 Å². The Kier molecular flexibility index (Phi) is 3.50. The zero-order valence-corrected chi connectivity index (χ0v) is 13.4. The van der Waals surface area contributed by atoms with Gasteiger partial charge in [-0.25, -0.2) is 0 Å². The first-order chi connectivity index (χ1) is 10.7. The van der Waals surface area contributed by atoms with Crippen molar-refractivity contribution in [1.29, 1.82) is 0 Å². The Hall–Kier alpha value is -1.32. The van der Waals surface area contributed by atoms with Gasteiger partial charge in [-0.1, -0.05) is 35.4 Å². The van der Waals surface area contributed by atoms with E-state index in [2.05, 4.69) is 17.0 Å². The fourth-order valence-electron chi connectivity index (χ4n) is 4.69. The number of rotatable bonds is 2. The summed E-state index contributed by atoms with van der Waals surface area (Å²) in [7, 11) is 1.51. The Morgan fingerprint density at radius 3 is 3.05 bits per heavy atom. The predicted molar refractivity (Wildman–Crippen MR) is 86.6 cm³/mol. The quantitative estimate of drug-likeness (QED) is 0.783. The number of methoxy groups -OCH3 is 1. The number of hydrogen-bond donors (Lipinski definition) is 0. The van der Waals surface area contributed by atoms with Crippen LogP contribution in [0.4, 0.5) is 0 Å². The minimum Gasteiger partial charge on any atom is -0.469 e. The highest BCUT2D eigenvalue weighted by Gasteiger charge is 2.55. The summed E-state index contributed by atoms with van der Waals surface area (Å²) in [6.45, 7) is 0.986. The van der Waals surface area contributed by atoms with Gasteiger partial charge in [0.15, 0.2) is 0 Å². The molecule has 4 bridgehead atoms. The van der Waals surface area contributed by atoms with Gasteiger partial charge in [-0.2, -0.15) is 0 Å². The van der Waals surface area contributed by atoms with Gasteiger partial charge in [-0.15, -0.1) is 0 Å². The third kappa shape index (κ3) is 2.19. The molecule has 0 aliphatic carbocycles. The molecular formula is C18H20ClNO2. The van der Waals surface area contributed by atoms with Gasteiger partial charge in [0.1, 0.15) is 0 Å². The summed E-state index contributed by atoms with van der Waals surface area (Å²) >= 11 is 6.09. The van der Waals surface area contributed by atoms with Crippen LogP contribution in [0.25, 0.3) is 6.08 Å². The second-order valence-electron chi connectivity index (χ2n) is 6.64.